The van der Waals surface area contributed by atoms with Gasteiger partial charge in [-0.05, 0) is 60.9 Å². The van der Waals surface area contributed by atoms with Crippen LogP contribution in [-0.4, -0.2) is 52.3 Å². The molecule has 5 rings (SSSR count). The molecule has 1 fully saturated rings. The minimum Gasteiger partial charge on any atom is -0.489 e. The number of hydrogen-bond acceptors (Lipinski definition) is 5. The van der Waals surface area contributed by atoms with Crippen LogP contribution in [0.3, 0.4) is 0 Å². The van der Waals surface area contributed by atoms with Crippen LogP contribution in [0.2, 0.25) is 0 Å². The number of para-hydroxylation sites is 2. The van der Waals surface area contributed by atoms with Gasteiger partial charge in [-0.25, -0.2) is 9.37 Å². The van der Waals surface area contributed by atoms with E-state index in [1.807, 2.05) is 23.1 Å². The first-order valence-electron chi connectivity index (χ1n) is 12.9. The highest BCUT2D eigenvalue weighted by atomic mass is 19.1. The third-order valence-corrected chi connectivity index (χ3v) is 7.11. The number of benzene rings is 3. The van der Waals surface area contributed by atoms with Crippen LogP contribution in [-0.2, 0) is 24.5 Å². The molecule has 7 nitrogen and oxygen atoms in total. The van der Waals surface area contributed by atoms with Gasteiger partial charge < -0.3 is 24.0 Å². The van der Waals surface area contributed by atoms with Crippen molar-refractivity contribution >= 4 is 16.9 Å². The smallest absolute Gasteiger partial charge is 0.253 e. The van der Waals surface area contributed by atoms with Gasteiger partial charge in [0.25, 0.3) is 5.91 Å². The Labute approximate surface area is 221 Å². The standard InChI is InChI=1S/C30H32FN3O4/c1-37-16-15-34-27-8-3-2-7-26(27)32-29(34)22-11-13-33(14-12-22)30(36)23-9-10-28(24(18-23)19-35)38-20-21-5-4-6-25(31)17-21/h2-10,17-18,22,35H,11-16,19-20H2,1H3. The number of fused-ring (bicyclic) bond motifs is 1. The fourth-order valence-corrected chi connectivity index (χ4v) is 5.11. The lowest BCUT2D eigenvalue weighted by Crippen LogP contribution is -2.38. The van der Waals surface area contributed by atoms with E-state index in [4.69, 9.17) is 14.5 Å². The van der Waals surface area contributed by atoms with Gasteiger partial charge in [0, 0.05) is 43.8 Å². The number of rotatable bonds is 9. The number of amides is 1. The molecule has 38 heavy (non-hydrogen) atoms. The van der Waals surface area contributed by atoms with E-state index in [0.717, 1.165) is 36.2 Å². The molecular formula is C30H32FN3O4. The predicted molar refractivity (Wildman–Crippen MR) is 143 cm³/mol. The molecule has 1 amide bonds. The van der Waals surface area contributed by atoms with Crippen LogP contribution in [0, 0.1) is 5.82 Å². The van der Waals surface area contributed by atoms with Crippen molar-refractivity contribution in [2.24, 2.45) is 0 Å². The number of aliphatic hydroxyl groups excluding tert-OH is 1. The van der Waals surface area contributed by atoms with Crippen LogP contribution in [0.25, 0.3) is 11.0 Å². The number of carbonyl (C=O) groups excluding carboxylic acids is 1. The van der Waals surface area contributed by atoms with Crippen LogP contribution < -0.4 is 4.74 Å². The first-order chi connectivity index (χ1) is 18.6. The molecule has 0 aliphatic carbocycles. The molecule has 0 radical (unpaired) electrons. The summed E-state index contributed by atoms with van der Waals surface area (Å²) in [7, 11) is 1.70. The van der Waals surface area contributed by atoms with Gasteiger partial charge in [0.15, 0.2) is 0 Å². The number of aliphatic hydroxyl groups is 1. The second-order valence-corrected chi connectivity index (χ2v) is 9.57. The Morgan fingerprint density at radius 2 is 1.89 bits per heavy atom. The predicted octanol–water partition coefficient (Wildman–Crippen LogP) is 4.91. The quantitative estimate of drug-likeness (QED) is 0.341. The molecule has 0 atom stereocenters. The molecule has 1 aliphatic rings. The molecule has 1 N–H and O–H groups in total. The molecule has 0 bridgehead atoms. The van der Waals surface area contributed by atoms with Gasteiger partial charge in [0.2, 0.25) is 0 Å². The number of hydrogen-bond donors (Lipinski definition) is 1. The SMILES string of the molecule is COCCn1c(C2CCN(C(=O)c3ccc(OCc4cccc(F)c4)c(CO)c3)CC2)nc2ccccc21. The lowest BCUT2D eigenvalue weighted by Gasteiger charge is -2.32. The number of halogens is 1. The highest BCUT2D eigenvalue weighted by Crippen LogP contribution is 2.31. The first-order valence-corrected chi connectivity index (χ1v) is 12.9. The highest BCUT2D eigenvalue weighted by molar-refractivity contribution is 5.94. The van der Waals surface area contributed by atoms with E-state index in [2.05, 4.69) is 10.6 Å². The van der Waals surface area contributed by atoms with Crippen molar-refractivity contribution in [3.8, 4) is 5.75 Å². The van der Waals surface area contributed by atoms with Gasteiger partial charge in [0.05, 0.1) is 24.2 Å². The van der Waals surface area contributed by atoms with Crippen LogP contribution in [0.15, 0.2) is 66.7 Å². The summed E-state index contributed by atoms with van der Waals surface area (Å²) in [5.74, 6) is 1.39. The molecule has 0 unspecified atom stereocenters. The van der Waals surface area contributed by atoms with Crippen molar-refractivity contribution in [3.63, 3.8) is 0 Å². The molecule has 0 spiro atoms. The van der Waals surface area contributed by atoms with E-state index in [1.54, 1.807) is 37.4 Å². The highest BCUT2D eigenvalue weighted by Gasteiger charge is 2.28. The molecule has 3 aromatic carbocycles. The fourth-order valence-electron chi connectivity index (χ4n) is 5.11. The van der Waals surface area contributed by atoms with Gasteiger partial charge in [-0.2, -0.15) is 0 Å². The van der Waals surface area contributed by atoms with Gasteiger partial charge in [0.1, 0.15) is 24.0 Å². The van der Waals surface area contributed by atoms with Crippen molar-refractivity contribution in [2.45, 2.75) is 38.5 Å². The molecule has 8 heteroatoms. The third kappa shape index (κ3) is 5.56. The van der Waals surface area contributed by atoms with E-state index in [1.165, 1.54) is 12.1 Å². The Kier molecular flexibility index (Phi) is 8.00. The van der Waals surface area contributed by atoms with Crippen LogP contribution in [0.1, 0.15) is 46.1 Å². The fraction of sp³-hybridized carbons (Fsp3) is 0.333. The van der Waals surface area contributed by atoms with Crippen molar-refractivity contribution in [1.29, 1.82) is 0 Å². The van der Waals surface area contributed by atoms with Crippen molar-refractivity contribution in [1.82, 2.24) is 14.5 Å². The molecule has 1 saturated heterocycles. The maximum Gasteiger partial charge on any atom is 0.253 e. The minimum absolute atomic E-state index is 0.0669. The maximum atomic E-state index is 13.4. The van der Waals surface area contributed by atoms with E-state index >= 15 is 0 Å². The zero-order valence-electron chi connectivity index (χ0n) is 21.5. The third-order valence-electron chi connectivity index (χ3n) is 7.11. The van der Waals surface area contributed by atoms with Crippen molar-refractivity contribution in [3.05, 3.63) is 95.1 Å². The summed E-state index contributed by atoms with van der Waals surface area (Å²) in [6.45, 7) is 2.51. The normalized spacial score (nSPS) is 14.2. The number of methoxy groups -OCH3 is 1. The molecule has 1 aromatic heterocycles. The Morgan fingerprint density at radius 3 is 2.66 bits per heavy atom. The topological polar surface area (TPSA) is 76.8 Å². The molecular weight excluding hydrogens is 485 g/mol. The lowest BCUT2D eigenvalue weighted by atomic mass is 9.95. The summed E-state index contributed by atoms with van der Waals surface area (Å²) < 4.78 is 26.8. The number of carbonyl (C=O) groups is 1. The van der Waals surface area contributed by atoms with E-state index in [9.17, 15) is 14.3 Å². The summed E-state index contributed by atoms with van der Waals surface area (Å²) in [5.41, 5.74) is 3.81. The molecule has 0 saturated carbocycles. The van der Waals surface area contributed by atoms with Gasteiger partial charge >= 0.3 is 0 Å². The number of nitrogens with zero attached hydrogens (tertiary/aromatic N) is 3. The van der Waals surface area contributed by atoms with Gasteiger partial charge in [-0.15, -0.1) is 0 Å². The first kappa shape index (κ1) is 25.9. The second kappa shape index (κ2) is 11.8. The number of ether oxygens (including phenoxy) is 2. The monoisotopic (exact) mass is 517 g/mol. The average molecular weight is 518 g/mol. The maximum absolute atomic E-state index is 13.4. The second-order valence-electron chi connectivity index (χ2n) is 9.57. The van der Waals surface area contributed by atoms with E-state index in [-0.39, 0.29) is 30.9 Å². The summed E-state index contributed by atoms with van der Waals surface area (Å²) in [5, 5.41) is 9.90. The van der Waals surface area contributed by atoms with Crippen molar-refractivity contribution in [2.75, 3.05) is 26.8 Å². The minimum atomic E-state index is -0.328. The molecule has 198 valence electrons. The average Bonchev–Trinajstić information content (AvgIpc) is 3.33. The van der Waals surface area contributed by atoms with Crippen LogP contribution in [0.5, 0.6) is 5.75 Å². The molecule has 2 heterocycles. The van der Waals surface area contributed by atoms with E-state index < -0.39 is 0 Å². The Balaban J connectivity index is 1.25. The number of imidazole rings is 1. The Hall–Kier alpha value is -3.75. The number of aromatic nitrogens is 2. The summed E-state index contributed by atoms with van der Waals surface area (Å²) in [6.07, 6.45) is 1.65. The van der Waals surface area contributed by atoms with Gasteiger partial charge in [-0.3, -0.25) is 4.79 Å². The zero-order chi connectivity index (χ0) is 26.5. The number of likely N-dealkylation sites (tertiary alicyclic amines) is 1. The van der Waals surface area contributed by atoms with E-state index in [0.29, 0.717) is 42.1 Å². The summed E-state index contributed by atoms with van der Waals surface area (Å²) in [4.78, 5) is 20.1. The van der Waals surface area contributed by atoms with Gasteiger partial charge in [-0.1, -0.05) is 24.3 Å². The van der Waals surface area contributed by atoms with Crippen LogP contribution >= 0.6 is 0 Å². The lowest BCUT2D eigenvalue weighted by molar-refractivity contribution is 0.0709. The van der Waals surface area contributed by atoms with Crippen molar-refractivity contribution < 1.29 is 23.8 Å². The Bertz CT molecular complexity index is 1410. The molecule has 4 aromatic rings. The zero-order valence-corrected chi connectivity index (χ0v) is 21.5. The Morgan fingerprint density at radius 1 is 1.08 bits per heavy atom. The largest absolute Gasteiger partial charge is 0.489 e. The number of piperidine rings is 1. The summed E-state index contributed by atoms with van der Waals surface area (Å²) >= 11 is 0. The molecule has 1 aliphatic heterocycles. The van der Waals surface area contributed by atoms with Crippen LogP contribution in [0.4, 0.5) is 4.39 Å². The summed E-state index contributed by atoms with van der Waals surface area (Å²) in [6, 6.07) is 19.4.